The number of aryl methyl sites for hydroxylation is 1. The number of benzene rings is 1. The fraction of sp³-hybridized carbons (Fsp3) is 0.462. The molecule has 0 fully saturated rings. The van der Waals surface area contributed by atoms with Crippen LogP contribution in [0.1, 0.15) is 24.0 Å². The SMILES string of the molecule is CNCC(=O)Nc1cccc2c1CCCC2. The van der Waals surface area contributed by atoms with Crippen molar-refractivity contribution in [2.45, 2.75) is 25.7 Å². The van der Waals surface area contributed by atoms with E-state index in [9.17, 15) is 4.79 Å². The Morgan fingerprint density at radius 3 is 2.94 bits per heavy atom. The van der Waals surface area contributed by atoms with Crippen molar-refractivity contribution in [1.29, 1.82) is 0 Å². The van der Waals surface area contributed by atoms with Gasteiger partial charge in [0.1, 0.15) is 0 Å². The minimum Gasteiger partial charge on any atom is -0.325 e. The molecule has 2 N–H and O–H groups in total. The van der Waals surface area contributed by atoms with E-state index in [2.05, 4.69) is 16.7 Å². The second kappa shape index (κ2) is 5.12. The number of likely N-dealkylation sites (N-methyl/N-ethyl adjacent to an activating group) is 1. The van der Waals surface area contributed by atoms with Gasteiger partial charge < -0.3 is 10.6 Å². The van der Waals surface area contributed by atoms with E-state index in [1.54, 1.807) is 7.05 Å². The van der Waals surface area contributed by atoms with Crippen molar-refractivity contribution in [3.05, 3.63) is 29.3 Å². The minimum atomic E-state index is 0.0291. The topological polar surface area (TPSA) is 41.1 Å². The summed E-state index contributed by atoms with van der Waals surface area (Å²) < 4.78 is 0. The van der Waals surface area contributed by atoms with Crippen LogP contribution in [0.4, 0.5) is 5.69 Å². The Morgan fingerprint density at radius 1 is 1.31 bits per heavy atom. The van der Waals surface area contributed by atoms with E-state index in [0.29, 0.717) is 6.54 Å². The maximum Gasteiger partial charge on any atom is 0.238 e. The third-order valence-electron chi connectivity index (χ3n) is 3.01. The second-order valence-electron chi connectivity index (χ2n) is 4.23. The Bertz CT molecular complexity index is 388. The van der Waals surface area contributed by atoms with Gasteiger partial charge in [0.25, 0.3) is 0 Å². The summed E-state index contributed by atoms with van der Waals surface area (Å²) in [5, 5.41) is 5.83. The molecule has 3 nitrogen and oxygen atoms in total. The zero-order valence-electron chi connectivity index (χ0n) is 9.68. The van der Waals surface area contributed by atoms with E-state index < -0.39 is 0 Å². The molecule has 0 saturated carbocycles. The monoisotopic (exact) mass is 218 g/mol. The summed E-state index contributed by atoms with van der Waals surface area (Å²) in [6.45, 7) is 0.365. The predicted octanol–water partition coefficient (Wildman–Crippen LogP) is 1.72. The molecule has 1 amide bonds. The summed E-state index contributed by atoms with van der Waals surface area (Å²) in [6.07, 6.45) is 4.73. The highest BCUT2D eigenvalue weighted by atomic mass is 16.1. The van der Waals surface area contributed by atoms with E-state index in [4.69, 9.17) is 0 Å². The molecule has 1 aromatic carbocycles. The van der Waals surface area contributed by atoms with Crippen molar-refractivity contribution in [2.75, 3.05) is 18.9 Å². The summed E-state index contributed by atoms with van der Waals surface area (Å²) in [6, 6.07) is 6.19. The van der Waals surface area contributed by atoms with Crippen molar-refractivity contribution in [1.82, 2.24) is 5.32 Å². The molecule has 0 aromatic heterocycles. The largest absolute Gasteiger partial charge is 0.325 e. The average Bonchev–Trinajstić information content (AvgIpc) is 2.30. The summed E-state index contributed by atoms with van der Waals surface area (Å²) in [5.74, 6) is 0.0291. The molecule has 0 heterocycles. The molecule has 0 saturated heterocycles. The first-order chi connectivity index (χ1) is 7.81. The molecule has 1 aromatic rings. The fourth-order valence-corrected chi connectivity index (χ4v) is 2.25. The highest BCUT2D eigenvalue weighted by Crippen LogP contribution is 2.27. The predicted molar refractivity (Wildman–Crippen MR) is 65.6 cm³/mol. The van der Waals surface area contributed by atoms with Crippen molar-refractivity contribution in [2.24, 2.45) is 0 Å². The van der Waals surface area contributed by atoms with Crippen LogP contribution in [0.3, 0.4) is 0 Å². The van der Waals surface area contributed by atoms with Crippen LogP contribution in [-0.2, 0) is 17.6 Å². The molecule has 0 atom stereocenters. The summed E-state index contributed by atoms with van der Waals surface area (Å²) in [7, 11) is 1.78. The maximum absolute atomic E-state index is 11.5. The minimum absolute atomic E-state index is 0.0291. The summed E-state index contributed by atoms with van der Waals surface area (Å²) >= 11 is 0. The Hall–Kier alpha value is -1.35. The quantitative estimate of drug-likeness (QED) is 0.811. The number of hydrogen-bond acceptors (Lipinski definition) is 2. The molecule has 1 aliphatic carbocycles. The van der Waals surface area contributed by atoms with Gasteiger partial charge in [0.05, 0.1) is 6.54 Å². The van der Waals surface area contributed by atoms with Gasteiger partial charge in [-0.05, 0) is 49.9 Å². The van der Waals surface area contributed by atoms with Crippen LogP contribution in [0.25, 0.3) is 0 Å². The van der Waals surface area contributed by atoms with Crippen LogP contribution in [0.5, 0.6) is 0 Å². The van der Waals surface area contributed by atoms with Crippen molar-refractivity contribution in [3.63, 3.8) is 0 Å². The van der Waals surface area contributed by atoms with Crippen LogP contribution in [-0.4, -0.2) is 19.5 Å². The zero-order valence-corrected chi connectivity index (χ0v) is 9.68. The van der Waals surface area contributed by atoms with Crippen LogP contribution >= 0.6 is 0 Å². The van der Waals surface area contributed by atoms with Gasteiger partial charge in [0.2, 0.25) is 5.91 Å². The van der Waals surface area contributed by atoms with E-state index in [1.165, 1.54) is 24.0 Å². The maximum atomic E-state index is 11.5. The standard InChI is InChI=1S/C13H18N2O/c1-14-9-13(16)15-12-8-4-6-10-5-2-3-7-11(10)12/h4,6,8,14H,2-3,5,7,9H2,1H3,(H,15,16). The molecule has 0 radical (unpaired) electrons. The Morgan fingerprint density at radius 2 is 2.12 bits per heavy atom. The van der Waals surface area contributed by atoms with Crippen molar-refractivity contribution < 1.29 is 4.79 Å². The van der Waals surface area contributed by atoms with Gasteiger partial charge in [-0.2, -0.15) is 0 Å². The number of anilines is 1. The van der Waals surface area contributed by atoms with E-state index >= 15 is 0 Å². The van der Waals surface area contributed by atoms with Crippen molar-refractivity contribution in [3.8, 4) is 0 Å². The lowest BCUT2D eigenvalue weighted by Crippen LogP contribution is -2.26. The van der Waals surface area contributed by atoms with Gasteiger partial charge in [-0.1, -0.05) is 12.1 Å². The lowest BCUT2D eigenvalue weighted by molar-refractivity contribution is -0.115. The highest BCUT2D eigenvalue weighted by Gasteiger charge is 2.13. The molecule has 0 aliphatic heterocycles. The third-order valence-corrected chi connectivity index (χ3v) is 3.01. The van der Waals surface area contributed by atoms with Crippen molar-refractivity contribution >= 4 is 11.6 Å². The van der Waals surface area contributed by atoms with Crippen LogP contribution in [0, 0.1) is 0 Å². The molecule has 86 valence electrons. The van der Waals surface area contributed by atoms with E-state index in [0.717, 1.165) is 18.5 Å². The van der Waals surface area contributed by atoms with Gasteiger partial charge in [-0.3, -0.25) is 4.79 Å². The third kappa shape index (κ3) is 2.42. The van der Waals surface area contributed by atoms with E-state index in [1.807, 2.05) is 12.1 Å². The molecule has 0 unspecified atom stereocenters. The molecule has 3 heteroatoms. The Labute approximate surface area is 96.2 Å². The van der Waals surface area contributed by atoms with Crippen LogP contribution in [0.15, 0.2) is 18.2 Å². The zero-order chi connectivity index (χ0) is 11.4. The smallest absolute Gasteiger partial charge is 0.238 e. The molecular weight excluding hydrogens is 200 g/mol. The Kier molecular flexibility index (Phi) is 3.57. The molecule has 16 heavy (non-hydrogen) atoms. The Balaban J connectivity index is 2.17. The van der Waals surface area contributed by atoms with Gasteiger partial charge in [0, 0.05) is 5.69 Å². The highest BCUT2D eigenvalue weighted by molar-refractivity contribution is 5.93. The second-order valence-corrected chi connectivity index (χ2v) is 4.23. The molecular formula is C13H18N2O. The number of nitrogens with one attached hydrogen (secondary N) is 2. The van der Waals surface area contributed by atoms with Gasteiger partial charge in [-0.25, -0.2) is 0 Å². The normalized spacial score (nSPS) is 14.3. The molecule has 0 spiro atoms. The van der Waals surface area contributed by atoms with Crippen LogP contribution < -0.4 is 10.6 Å². The first-order valence-corrected chi connectivity index (χ1v) is 5.86. The number of rotatable bonds is 3. The number of fused-ring (bicyclic) bond motifs is 1. The van der Waals surface area contributed by atoms with Gasteiger partial charge >= 0.3 is 0 Å². The summed E-state index contributed by atoms with van der Waals surface area (Å²) in [4.78, 5) is 11.5. The lowest BCUT2D eigenvalue weighted by Gasteiger charge is -2.19. The molecule has 2 rings (SSSR count). The van der Waals surface area contributed by atoms with E-state index in [-0.39, 0.29) is 5.91 Å². The van der Waals surface area contributed by atoms with Crippen LogP contribution in [0.2, 0.25) is 0 Å². The number of amides is 1. The molecule has 0 bridgehead atoms. The van der Waals surface area contributed by atoms with Gasteiger partial charge in [-0.15, -0.1) is 0 Å². The number of carbonyl (C=O) groups is 1. The fourth-order valence-electron chi connectivity index (χ4n) is 2.25. The molecule has 1 aliphatic rings. The number of carbonyl (C=O) groups excluding carboxylic acids is 1. The first kappa shape index (κ1) is 11.1. The average molecular weight is 218 g/mol. The van der Waals surface area contributed by atoms with Gasteiger partial charge in [0.15, 0.2) is 0 Å². The lowest BCUT2D eigenvalue weighted by atomic mass is 9.90. The first-order valence-electron chi connectivity index (χ1n) is 5.86. The number of hydrogen-bond donors (Lipinski definition) is 2. The summed E-state index contributed by atoms with van der Waals surface area (Å²) in [5.41, 5.74) is 3.73.